The molecule has 11 heteroatoms. The van der Waals surface area contributed by atoms with Gasteiger partial charge in [-0.3, -0.25) is 4.52 Å². The Morgan fingerprint density at radius 2 is 1.23 bits per heavy atom. The smallest absolute Gasteiger partial charge is 0.414 e. The zero-order valence-electron chi connectivity index (χ0n) is 15.3. The third-order valence-electron chi connectivity index (χ3n) is 5.03. The topological polar surface area (TPSA) is 27.7 Å². The lowest BCUT2D eigenvalue weighted by molar-refractivity contribution is 0.136. The second-order valence-electron chi connectivity index (χ2n) is 7.10. The monoisotopic (exact) mass is 564 g/mol. The molecule has 0 radical (unpaired) electrons. The minimum Gasteiger partial charge on any atom is -0.414 e. The summed E-state index contributed by atoms with van der Waals surface area (Å²) < 4.78 is 18.5. The van der Waals surface area contributed by atoms with E-state index in [1.807, 2.05) is 0 Å². The molecule has 1 fully saturated rings. The molecule has 162 valence electrons. The van der Waals surface area contributed by atoms with Crippen molar-refractivity contribution in [1.82, 2.24) is 0 Å². The molecule has 2 aromatic rings. The molecule has 0 aromatic heterocycles. The first kappa shape index (κ1) is 23.5. The van der Waals surface area contributed by atoms with Gasteiger partial charge in [0.15, 0.2) is 11.5 Å². The van der Waals surface area contributed by atoms with E-state index in [0.717, 1.165) is 32.1 Å². The summed E-state index contributed by atoms with van der Waals surface area (Å²) in [7, 11) is 0. The summed E-state index contributed by atoms with van der Waals surface area (Å²) in [5.41, 5.74) is 1.03. The predicted molar refractivity (Wildman–Crippen MR) is 129 cm³/mol. The van der Waals surface area contributed by atoms with Gasteiger partial charge in [0, 0.05) is 29.4 Å². The van der Waals surface area contributed by atoms with Crippen LogP contribution in [-0.4, -0.2) is 6.10 Å². The fourth-order valence-corrected chi connectivity index (χ4v) is 7.56. The summed E-state index contributed by atoms with van der Waals surface area (Å²) in [4.78, 5) is 0. The second-order valence-corrected chi connectivity index (χ2v) is 12.3. The Balaban J connectivity index is 1.90. The SMILES string of the molecule is S=P1(OC2CCCCC2)Oc2c(Cl)cc(Cl)c(Cl)c2Cc2c(Cl)c(Cl)cc(Cl)c2O1. The van der Waals surface area contributed by atoms with Crippen LogP contribution in [0, 0.1) is 0 Å². The number of hydrogen-bond donors (Lipinski definition) is 0. The van der Waals surface area contributed by atoms with Crippen molar-refractivity contribution in [3.63, 3.8) is 0 Å². The molecule has 0 unspecified atom stereocenters. The second kappa shape index (κ2) is 9.33. The fourth-order valence-electron chi connectivity index (χ4n) is 3.58. The molecule has 0 amide bonds. The molecule has 1 aliphatic heterocycles. The van der Waals surface area contributed by atoms with E-state index in [0.29, 0.717) is 11.1 Å². The highest BCUT2D eigenvalue weighted by Crippen LogP contribution is 2.59. The highest BCUT2D eigenvalue weighted by atomic mass is 35.5. The molecule has 30 heavy (non-hydrogen) atoms. The van der Waals surface area contributed by atoms with E-state index < -0.39 is 6.72 Å². The van der Waals surface area contributed by atoms with Gasteiger partial charge in [-0.25, -0.2) is 0 Å². The van der Waals surface area contributed by atoms with E-state index in [4.69, 9.17) is 95.0 Å². The first-order valence-corrected chi connectivity index (χ1v) is 14.0. The van der Waals surface area contributed by atoms with Crippen LogP contribution in [0.5, 0.6) is 11.5 Å². The average Bonchev–Trinajstić information content (AvgIpc) is 2.68. The van der Waals surface area contributed by atoms with E-state index in [2.05, 4.69) is 0 Å². The van der Waals surface area contributed by atoms with Crippen LogP contribution in [0.2, 0.25) is 30.1 Å². The minimum atomic E-state index is -3.38. The van der Waals surface area contributed by atoms with Crippen LogP contribution in [0.3, 0.4) is 0 Å². The summed E-state index contributed by atoms with van der Waals surface area (Å²) in [5, 5.41) is 1.59. The largest absolute Gasteiger partial charge is 0.435 e. The molecule has 1 aliphatic carbocycles. The number of halogens is 6. The van der Waals surface area contributed by atoms with Crippen molar-refractivity contribution in [2.24, 2.45) is 0 Å². The molecule has 1 saturated carbocycles. The van der Waals surface area contributed by atoms with E-state index in [1.165, 1.54) is 12.1 Å². The first-order valence-electron chi connectivity index (χ1n) is 9.19. The van der Waals surface area contributed by atoms with Crippen LogP contribution in [0.15, 0.2) is 12.1 Å². The Hall–Kier alpha value is 0.390. The van der Waals surface area contributed by atoms with Crippen LogP contribution in [0.1, 0.15) is 43.2 Å². The first-order chi connectivity index (χ1) is 14.2. The Morgan fingerprint density at radius 3 is 1.70 bits per heavy atom. The molecule has 0 bridgehead atoms. The number of hydrogen-bond acceptors (Lipinski definition) is 4. The quantitative estimate of drug-likeness (QED) is 0.267. The Bertz CT molecular complexity index is 988. The number of fused-ring (bicyclic) bond motifs is 2. The predicted octanol–water partition coefficient (Wildman–Crippen LogP) is 9.54. The van der Waals surface area contributed by atoms with Gasteiger partial charge < -0.3 is 9.05 Å². The Labute approximate surface area is 210 Å². The average molecular weight is 567 g/mol. The van der Waals surface area contributed by atoms with Crippen LogP contribution < -0.4 is 9.05 Å². The summed E-state index contributed by atoms with van der Waals surface area (Å²) in [6.45, 7) is -3.38. The lowest BCUT2D eigenvalue weighted by Gasteiger charge is -2.33. The normalized spacial score (nSPS) is 18.5. The zero-order chi connectivity index (χ0) is 21.6. The molecular formula is C19H15Cl6O3PS. The molecule has 4 rings (SSSR count). The van der Waals surface area contributed by atoms with E-state index in [9.17, 15) is 0 Å². The third kappa shape index (κ3) is 4.69. The van der Waals surface area contributed by atoms with Gasteiger partial charge in [-0.2, -0.15) is 0 Å². The number of benzene rings is 2. The summed E-state index contributed by atoms with van der Waals surface area (Å²) >= 11 is 44.2. The molecule has 0 saturated heterocycles. The van der Waals surface area contributed by atoms with Crippen molar-refractivity contribution in [2.75, 3.05) is 0 Å². The molecule has 0 N–H and O–H groups in total. The van der Waals surface area contributed by atoms with Gasteiger partial charge in [0.2, 0.25) is 0 Å². The van der Waals surface area contributed by atoms with Crippen molar-refractivity contribution in [2.45, 2.75) is 44.6 Å². The standard InChI is InChI=1S/C19H15Cl6O3PS/c20-12-7-14(22)18-10(16(12)24)6-11-17(25)13(21)8-15(23)19(11)28-29(30,27-18)26-9-4-2-1-3-5-9/h7-9H,1-6H2. The third-order valence-corrected chi connectivity index (χ3v) is 9.32. The van der Waals surface area contributed by atoms with Gasteiger partial charge >= 0.3 is 6.72 Å². The van der Waals surface area contributed by atoms with Crippen LogP contribution in [0.25, 0.3) is 0 Å². The van der Waals surface area contributed by atoms with Crippen LogP contribution in [0.4, 0.5) is 0 Å². The van der Waals surface area contributed by atoms with Crippen LogP contribution in [-0.2, 0) is 22.8 Å². The minimum absolute atomic E-state index is 0.0843. The van der Waals surface area contributed by atoms with Gasteiger partial charge in [0.1, 0.15) is 0 Å². The molecule has 2 aliphatic rings. The van der Waals surface area contributed by atoms with Crippen molar-refractivity contribution in [3.05, 3.63) is 53.4 Å². The molecular weight excluding hydrogens is 552 g/mol. The molecule has 3 nitrogen and oxygen atoms in total. The zero-order valence-corrected chi connectivity index (χ0v) is 21.6. The van der Waals surface area contributed by atoms with E-state index in [-0.39, 0.29) is 54.2 Å². The Kier molecular flexibility index (Phi) is 7.32. The Morgan fingerprint density at radius 1 is 0.767 bits per heavy atom. The maximum Gasteiger partial charge on any atom is 0.435 e. The lowest BCUT2D eigenvalue weighted by atomic mass is 9.98. The lowest BCUT2D eigenvalue weighted by Crippen LogP contribution is -2.20. The molecule has 0 spiro atoms. The summed E-state index contributed by atoms with van der Waals surface area (Å²) in [6.07, 6.45) is 5.11. The number of rotatable bonds is 2. The van der Waals surface area contributed by atoms with Crippen molar-refractivity contribution in [1.29, 1.82) is 0 Å². The van der Waals surface area contributed by atoms with Crippen molar-refractivity contribution >= 4 is 88.1 Å². The summed E-state index contributed by atoms with van der Waals surface area (Å²) in [5.74, 6) is 0.533. The van der Waals surface area contributed by atoms with Crippen molar-refractivity contribution in [3.8, 4) is 11.5 Å². The van der Waals surface area contributed by atoms with Gasteiger partial charge in [0.25, 0.3) is 0 Å². The fraction of sp³-hybridized carbons (Fsp3) is 0.368. The molecule has 1 heterocycles. The summed E-state index contributed by atoms with van der Waals surface area (Å²) in [6, 6.07) is 3.00. The van der Waals surface area contributed by atoms with E-state index in [1.54, 1.807) is 0 Å². The molecule has 0 atom stereocenters. The maximum atomic E-state index is 6.51. The highest BCUT2D eigenvalue weighted by Gasteiger charge is 2.37. The van der Waals surface area contributed by atoms with Crippen LogP contribution >= 0.6 is 76.3 Å². The van der Waals surface area contributed by atoms with E-state index >= 15 is 0 Å². The molecule has 2 aromatic carbocycles. The maximum absolute atomic E-state index is 6.51. The van der Waals surface area contributed by atoms with Crippen molar-refractivity contribution < 1.29 is 13.6 Å². The van der Waals surface area contributed by atoms with Gasteiger partial charge in [-0.05, 0) is 25.0 Å². The van der Waals surface area contributed by atoms with Gasteiger partial charge in [0.05, 0.1) is 36.2 Å². The highest BCUT2D eigenvalue weighted by molar-refractivity contribution is 8.07. The van der Waals surface area contributed by atoms with Gasteiger partial charge in [-0.15, -0.1) is 0 Å². The van der Waals surface area contributed by atoms with Gasteiger partial charge in [-0.1, -0.05) is 88.9 Å².